The highest BCUT2D eigenvalue weighted by atomic mass is 35.5. The summed E-state index contributed by atoms with van der Waals surface area (Å²) in [5.41, 5.74) is 6.38. The van der Waals surface area contributed by atoms with Crippen LogP contribution >= 0.6 is 11.6 Å². The van der Waals surface area contributed by atoms with Crippen molar-refractivity contribution in [3.8, 4) is 5.75 Å². The molecule has 0 unspecified atom stereocenters. The minimum atomic E-state index is -0.359. The van der Waals surface area contributed by atoms with Crippen molar-refractivity contribution >= 4 is 23.4 Å². The predicted molar refractivity (Wildman–Crippen MR) is 93.0 cm³/mol. The van der Waals surface area contributed by atoms with Crippen molar-refractivity contribution in [2.24, 2.45) is 0 Å². The second kappa shape index (κ2) is 8.93. The molecule has 2 N–H and O–H groups in total. The lowest BCUT2D eigenvalue weighted by Gasteiger charge is -2.09. The summed E-state index contributed by atoms with van der Waals surface area (Å²) in [4.78, 5) is 23.6. The fourth-order valence-electron chi connectivity index (χ4n) is 1.97. The highest BCUT2D eigenvalue weighted by Crippen LogP contribution is 2.17. The van der Waals surface area contributed by atoms with Crippen LogP contribution < -0.4 is 15.6 Å². The lowest BCUT2D eigenvalue weighted by Crippen LogP contribution is -2.42. The first kappa shape index (κ1) is 17.8. The minimum absolute atomic E-state index is 0.113. The van der Waals surface area contributed by atoms with Gasteiger partial charge >= 0.3 is 0 Å². The maximum absolute atomic E-state index is 11.9. The number of rotatable bonds is 6. The van der Waals surface area contributed by atoms with Crippen molar-refractivity contribution in [3.63, 3.8) is 0 Å². The Morgan fingerprint density at radius 2 is 1.83 bits per heavy atom. The van der Waals surface area contributed by atoms with Crippen molar-refractivity contribution in [3.05, 3.63) is 64.7 Å². The Balaban J connectivity index is 1.71. The summed E-state index contributed by atoms with van der Waals surface area (Å²) in [5, 5.41) is 0.568. The Labute approximate surface area is 145 Å². The molecule has 0 fully saturated rings. The molecule has 0 aliphatic heterocycles. The van der Waals surface area contributed by atoms with Crippen molar-refractivity contribution in [1.29, 1.82) is 0 Å². The number of benzene rings is 2. The molecule has 2 aromatic rings. The van der Waals surface area contributed by atoms with Gasteiger partial charge in [0.2, 0.25) is 5.91 Å². The molecule has 2 aromatic carbocycles. The Morgan fingerprint density at radius 1 is 1.08 bits per heavy atom. The zero-order chi connectivity index (χ0) is 17.4. The molecule has 0 saturated carbocycles. The molecule has 0 heterocycles. The van der Waals surface area contributed by atoms with Crippen LogP contribution in [0.2, 0.25) is 5.02 Å². The van der Waals surface area contributed by atoms with Gasteiger partial charge in [0.25, 0.3) is 5.91 Å². The second-order valence-electron chi connectivity index (χ2n) is 5.11. The smallest absolute Gasteiger partial charge is 0.269 e. The van der Waals surface area contributed by atoms with E-state index in [2.05, 4.69) is 10.9 Å². The first-order valence-electron chi connectivity index (χ1n) is 7.65. The first-order chi connectivity index (χ1) is 11.6. The number of hydrogen-bond donors (Lipinski definition) is 2. The number of carbonyl (C=O) groups is 2. The molecule has 0 bridgehead atoms. The van der Waals surface area contributed by atoms with Gasteiger partial charge in [-0.3, -0.25) is 20.4 Å². The first-order valence-corrected chi connectivity index (χ1v) is 8.02. The van der Waals surface area contributed by atoms with Gasteiger partial charge in [0.1, 0.15) is 5.75 Å². The quantitative estimate of drug-likeness (QED) is 0.790. The maximum Gasteiger partial charge on any atom is 0.269 e. The van der Waals surface area contributed by atoms with E-state index in [1.54, 1.807) is 36.4 Å². The highest BCUT2D eigenvalue weighted by Gasteiger charge is 2.07. The van der Waals surface area contributed by atoms with Gasteiger partial charge < -0.3 is 4.74 Å². The molecule has 126 valence electrons. The van der Waals surface area contributed by atoms with Crippen molar-refractivity contribution in [2.45, 2.75) is 19.8 Å². The highest BCUT2D eigenvalue weighted by molar-refractivity contribution is 6.30. The van der Waals surface area contributed by atoms with E-state index in [1.165, 1.54) is 0 Å². The van der Waals surface area contributed by atoms with E-state index in [4.69, 9.17) is 16.3 Å². The maximum atomic E-state index is 11.9. The van der Waals surface area contributed by atoms with Gasteiger partial charge in [-0.15, -0.1) is 0 Å². The lowest BCUT2D eigenvalue weighted by atomic mass is 10.1. The van der Waals surface area contributed by atoms with Crippen LogP contribution in [0.25, 0.3) is 0 Å². The molecule has 0 atom stereocenters. The second-order valence-corrected chi connectivity index (χ2v) is 5.55. The van der Waals surface area contributed by atoms with Crippen LogP contribution in [0.4, 0.5) is 0 Å². The van der Waals surface area contributed by atoms with E-state index in [1.807, 2.05) is 19.1 Å². The predicted octanol–water partition coefficient (Wildman–Crippen LogP) is 3.13. The number of ether oxygens (including phenoxy) is 1. The average molecular weight is 347 g/mol. The largest absolute Gasteiger partial charge is 0.493 e. The van der Waals surface area contributed by atoms with Gasteiger partial charge in [-0.1, -0.05) is 36.7 Å². The Bertz CT molecular complexity index is 702. The molecule has 0 aliphatic carbocycles. The molecule has 0 radical (unpaired) electrons. The van der Waals surface area contributed by atoms with Gasteiger partial charge in [-0.2, -0.15) is 0 Å². The van der Waals surface area contributed by atoms with Gasteiger partial charge in [0.05, 0.1) is 13.0 Å². The molecule has 0 aliphatic rings. The van der Waals surface area contributed by atoms with E-state index in [0.717, 1.165) is 12.0 Å². The van der Waals surface area contributed by atoms with Crippen LogP contribution in [-0.2, 0) is 11.2 Å². The summed E-state index contributed by atoms with van der Waals surface area (Å²) in [6.45, 7) is 2.23. The fourth-order valence-corrected chi connectivity index (χ4v) is 2.15. The topological polar surface area (TPSA) is 67.4 Å². The molecule has 24 heavy (non-hydrogen) atoms. The van der Waals surface area contributed by atoms with Crippen molar-refractivity contribution < 1.29 is 14.3 Å². The number of hydrazine groups is 1. The van der Waals surface area contributed by atoms with Gasteiger partial charge in [-0.25, -0.2) is 0 Å². The lowest BCUT2D eigenvalue weighted by molar-refractivity contribution is -0.122. The number of hydrogen-bond acceptors (Lipinski definition) is 3. The standard InChI is InChI=1S/C18H19ClN2O3/c1-2-13-6-8-14(9-7-13)18(23)21-20-17(22)10-11-24-16-5-3-4-15(19)12-16/h3-9,12H,2,10-11H2,1H3,(H,20,22)(H,21,23). The molecular weight excluding hydrogens is 328 g/mol. The summed E-state index contributed by atoms with van der Waals surface area (Å²) in [5.74, 6) is -0.104. The van der Waals surface area contributed by atoms with Crippen LogP contribution in [0.1, 0.15) is 29.3 Å². The van der Waals surface area contributed by atoms with E-state index in [-0.39, 0.29) is 24.8 Å². The number of nitrogens with one attached hydrogen (secondary N) is 2. The Morgan fingerprint density at radius 3 is 2.50 bits per heavy atom. The molecule has 0 spiro atoms. The number of aryl methyl sites for hydroxylation is 1. The molecule has 5 nitrogen and oxygen atoms in total. The van der Waals surface area contributed by atoms with Crippen LogP contribution in [0.15, 0.2) is 48.5 Å². The average Bonchev–Trinajstić information content (AvgIpc) is 2.60. The SMILES string of the molecule is CCc1ccc(C(=O)NNC(=O)CCOc2cccc(Cl)c2)cc1. The summed E-state index contributed by atoms with van der Waals surface area (Å²) in [7, 11) is 0. The third kappa shape index (κ3) is 5.59. The molecule has 6 heteroatoms. The minimum Gasteiger partial charge on any atom is -0.493 e. The van der Waals surface area contributed by atoms with E-state index in [9.17, 15) is 9.59 Å². The van der Waals surface area contributed by atoms with Crippen LogP contribution in [0, 0.1) is 0 Å². The third-order valence-electron chi connectivity index (χ3n) is 3.33. The summed E-state index contributed by atoms with van der Waals surface area (Å²) < 4.78 is 5.42. The van der Waals surface area contributed by atoms with E-state index < -0.39 is 0 Å². The Kier molecular flexibility index (Phi) is 6.63. The third-order valence-corrected chi connectivity index (χ3v) is 3.57. The number of amides is 2. The van der Waals surface area contributed by atoms with E-state index in [0.29, 0.717) is 16.3 Å². The number of halogens is 1. The Hall–Kier alpha value is -2.53. The molecule has 2 amide bonds. The molecule has 0 saturated heterocycles. The summed E-state index contributed by atoms with van der Waals surface area (Å²) in [6, 6.07) is 14.1. The summed E-state index contributed by atoms with van der Waals surface area (Å²) >= 11 is 5.84. The zero-order valence-electron chi connectivity index (χ0n) is 13.3. The normalized spacial score (nSPS) is 10.1. The molecular formula is C18H19ClN2O3. The van der Waals surface area contributed by atoms with Crippen LogP contribution in [0.5, 0.6) is 5.75 Å². The summed E-state index contributed by atoms with van der Waals surface area (Å²) in [6.07, 6.45) is 1.02. The van der Waals surface area contributed by atoms with Crippen molar-refractivity contribution in [2.75, 3.05) is 6.61 Å². The monoisotopic (exact) mass is 346 g/mol. The van der Waals surface area contributed by atoms with Gasteiger partial charge in [0.15, 0.2) is 0 Å². The van der Waals surface area contributed by atoms with Crippen molar-refractivity contribution in [1.82, 2.24) is 10.9 Å². The number of carbonyl (C=O) groups excluding carboxylic acids is 2. The van der Waals surface area contributed by atoms with Gasteiger partial charge in [-0.05, 0) is 42.3 Å². The van der Waals surface area contributed by atoms with Crippen LogP contribution in [-0.4, -0.2) is 18.4 Å². The fraction of sp³-hybridized carbons (Fsp3) is 0.222. The van der Waals surface area contributed by atoms with Crippen LogP contribution in [0.3, 0.4) is 0 Å². The molecule has 2 rings (SSSR count). The zero-order valence-corrected chi connectivity index (χ0v) is 14.1. The van der Waals surface area contributed by atoms with Gasteiger partial charge in [0, 0.05) is 10.6 Å². The van der Waals surface area contributed by atoms with E-state index >= 15 is 0 Å². The molecule has 0 aromatic heterocycles.